The molecule has 98 valence electrons. The van der Waals surface area contributed by atoms with E-state index in [-0.39, 0.29) is 0 Å². The molecule has 0 radical (unpaired) electrons. The summed E-state index contributed by atoms with van der Waals surface area (Å²) < 4.78 is 5.38. The van der Waals surface area contributed by atoms with E-state index in [1.165, 1.54) is 6.08 Å². The Labute approximate surface area is 114 Å². The fourth-order valence-corrected chi connectivity index (χ4v) is 2.02. The summed E-state index contributed by atoms with van der Waals surface area (Å²) >= 11 is 0. The molecule has 20 heavy (non-hydrogen) atoms. The molecule has 0 atom stereocenters. The van der Waals surface area contributed by atoms with Gasteiger partial charge in [0.05, 0.1) is 11.4 Å². The second-order valence-electron chi connectivity index (χ2n) is 4.31. The average Bonchev–Trinajstić information content (AvgIpc) is 2.89. The van der Waals surface area contributed by atoms with Gasteiger partial charge in [0.25, 0.3) is 0 Å². The highest BCUT2D eigenvalue weighted by atomic mass is 16.5. The van der Waals surface area contributed by atoms with Crippen LogP contribution in [-0.2, 0) is 4.79 Å². The number of rotatable bonds is 3. The van der Waals surface area contributed by atoms with Gasteiger partial charge in [-0.1, -0.05) is 47.6 Å². The Morgan fingerprint density at radius 1 is 1.15 bits per heavy atom. The highest BCUT2D eigenvalue weighted by Crippen LogP contribution is 2.29. The third-order valence-electron chi connectivity index (χ3n) is 2.95. The Balaban J connectivity index is 2.11. The molecule has 0 aliphatic heterocycles. The molecule has 3 aromatic rings. The van der Waals surface area contributed by atoms with Crippen LogP contribution in [-0.4, -0.2) is 11.1 Å². The van der Waals surface area contributed by atoms with Gasteiger partial charge >= 0.3 is 0 Å². The van der Waals surface area contributed by atoms with E-state index in [1.54, 1.807) is 12.1 Å². The zero-order valence-corrected chi connectivity index (χ0v) is 10.4. The molecule has 0 saturated heterocycles. The summed E-state index contributed by atoms with van der Waals surface area (Å²) in [7, 11) is 0. The van der Waals surface area contributed by atoms with Crippen molar-refractivity contribution >= 4 is 22.9 Å². The van der Waals surface area contributed by atoms with Crippen LogP contribution in [0, 0.1) is 0 Å². The summed E-state index contributed by atoms with van der Waals surface area (Å²) in [5, 5.41) is 15.3. The Morgan fingerprint density at radius 3 is 2.70 bits per heavy atom. The van der Waals surface area contributed by atoms with Crippen LogP contribution in [0.2, 0.25) is 0 Å². The van der Waals surface area contributed by atoms with Crippen molar-refractivity contribution < 1.29 is 14.4 Å². The number of hydrogen-bond donors (Lipinski definition) is 0. The van der Waals surface area contributed by atoms with Crippen LogP contribution < -0.4 is 5.11 Å². The van der Waals surface area contributed by atoms with Gasteiger partial charge in [0.1, 0.15) is 5.52 Å². The summed E-state index contributed by atoms with van der Waals surface area (Å²) in [5.41, 5.74) is 2.41. The molecule has 2 aromatic carbocycles. The van der Waals surface area contributed by atoms with Crippen molar-refractivity contribution in [2.24, 2.45) is 0 Å². The SMILES string of the molecule is O=C([O-])/C=C/c1ccc2noc(-c3ccccc3)c2c1. The van der Waals surface area contributed by atoms with Gasteiger partial charge in [-0.3, -0.25) is 0 Å². The predicted molar refractivity (Wildman–Crippen MR) is 73.5 cm³/mol. The minimum Gasteiger partial charge on any atom is -0.545 e. The van der Waals surface area contributed by atoms with Gasteiger partial charge in [-0.2, -0.15) is 0 Å². The summed E-state index contributed by atoms with van der Waals surface area (Å²) in [5.74, 6) is -0.553. The third-order valence-corrected chi connectivity index (χ3v) is 2.95. The van der Waals surface area contributed by atoms with Crippen LogP contribution in [0.3, 0.4) is 0 Å². The fourth-order valence-electron chi connectivity index (χ4n) is 2.02. The fraction of sp³-hybridized carbons (Fsp3) is 0. The second kappa shape index (κ2) is 5.01. The number of carbonyl (C=O) groups is 1. The Bertz CT molecular complexity index is 788. The van der Waals surface area contributed by atoms with Crippen molar-refractivity contribution in [3.63, 3.8) is 0 Å². The van der Waals surface area contributed by atoms with Gasteiger partial charge in [0.15, 0.2) is 5.76 Å². The molecule has 0 unspecified atom stereocenters. The molecule has 4 nitrogen and oxygen atoms in total. The van der Waals surface area contributed by atoms with E-state index >= 15 is 0 Å². The standard InChI is InChI=1S/C16H11NO3/c18-15(19)9-7-11-6-8-14-13(10-11)16(20-17-14)12-4-2-1-3-5-12/h1-10H,(H,18,19)/p-1/b9-7+. The Hall–Kier alpha value is -2.88. The van der Waals surface area contributed by atoms with Crippen molar-refractivity contribution in [1.29, 1.82) is 0 Å². The lowest BCUT2D eigenvalue weighted by atomic mass is 10.1. The number of carboxylic acids is 1. The second-order valence-corrected chi connectivity index (χ2v) is 4.31. The smallest absolute Gasteiger partial charge is 0.174 e. The minimum atomic E-state index is -1.22. The maximum atomic E-state index is 10.4. The van der Waals surface area contributed by atoms with Crippen molar-refractivity contribution in [1.82, 2.24) is 5.16 Å². The number of hydrogen-bond acceptors (Lipinski definition) is 4. The molecule has 1 aromatic heterocycles. The van der Waals surface area contributed by atoms with Crippen LogP contribution in [0.5, 0.6) is 0 Å². The first-order valence-electron chi connectivity index (χ1n) is 6.08. The Kier molecular flexibility index (Phi) is 3.05. The molecule has 0 aliphatic carbocycles. The third kappa shape index (κ3) is 2.31. The normalized spacial score (nSPS) is 11.2. The largest absolute Gasteiger partial charge is 0.545 e. The van der Waals surface area contributed by atoms with Crippen molar-refractivity contribution in [2.45, 2.75) is 0 Å². The maximum Gasteiger partial charge on any atom is 0.174 e. The van der Waals surface area contributed by atoms with Crippen LogP contribution >= 0.6 is 0 Å². The summed E-state index contributed by atoms with van der Waals surface area (Å²) in [6, 6.07) is 15.0. The molecule has 0 N–H and O–H groups in total. The van der Waals surface area contributed by atoms with Gasteiger partial charge in [-0.25, -0.2) is 0 Å². The number of nitrogens with zero attached hydrogens (tertiary/aromatic N) is 1. The highest BCUT2D eigenvalue weighted by Gasteiger charge is 2.10. The summed E-state index contributed by atoms with van der Waals surface area (Å²) in [4.78, 5) is 10.4. The van der Waals surface area contributed by atoms with E-state index in [2.05, 4.69) is 5.16 Å². The lowest BCUT2D eigenvalue weighted by molar-refractivity contribution is -0.297. The van der Waals surface area contributed by atoms with Crippen LogP contribution in [0.25, 0.3) is 28.3 Å². The van der Waals surface area contributed by atoms with Gasteiger partial charge < -0.3 is 14.4 Å². The van der Waals surface area contributed by atoms with Crippen molar-refractivity contribution in [3.8, 4) is 11.3 Å². The minimum absolute atomic E-state index is 0.671. The number of carbonyl (C=O) groups excluding carboxylic acids is 1. The van der Waals surface area contributed by atoms with E-state index in [1.807, 2.05) is 36.4 Å². The molecule has 0 saturated carbocycles. The number of benzene rings is 2. The zero-order valence-electron chi connectivity index (χ0n) is 10.4. The van der Waals surface area contributed by atoms with Crippen molar-refractivity contribution in [2.75, 3.05) is 0 Å². The first kappa shape index (κ1) is 12.2. The molecule has 0 spiro atoms. The van der Waals surface area contributed by atoms with E-state index in [0.29, 0.717) is 5.76 Å². The maximum absolute atomic E-state index is 10.4. The molecule has 0 amide bonds. The number of aliphatic carboxylic acids is 1. The van der Waals surface area contributed by atoms with Crippen molar-refractivity contribution in [3.05, 3.63) is 60.2 Å². The first-order valence-corrected chi connectivity index (χ1v) is 6.08. The van der Waals surface area contributed by atoms with Crippen LogP contribution in [0.15, 0.2) is 59.1 Å². The van der Waals surface area contributed by atoms with E-state index < -0.39 is 5.97 Å². The van der Waals surface area contributed by atoms with Gasteiger partial charge in [-0.05, 0) is 23.8 Å². The molecule has 3 rings (SSSR count). The van der Waals surface area contributed by atoms with Crippen LogP contribution in [0.4, 0.5) is 0 Å². The van der Waals surface area contributed by atoms with Gasteiger partial charge in [-0.15, -0.1) is 0 Å². The molecule has 0 bridgehead atoms. The molecular formula is C16H10NO3-. The highest BCUT2D eigenvalue weighted by molar-refractivity contribution is 5.93. The molecule has 4 heteroatoms. The lowest BCUT2D eigenvalue weighted by Gasteiger charge is -1.98. The number of carboxylic acid groups (broad SMARTS) is 1. The molecule has 1 heterocycles. The number of fused-ring (bicyclic) bond motifs is 1. The molecular weight excluding hydrogens is 254 g/mol. The molecule has 0 fully saturated rings. The first-order chi connectivity index (χ1) is 9.74. The summed E-state index contributed by atoms with van der Waals surface area (Å²) in [6.45, 7) is 0. The summed E-state index contributed by atoms with van der Waals surface area (Å²) in [6.07, 6.45) is 2.48. The Morgan fingerprint density at radius 2 is 1.95 bits per heavy atom. The topological polar surface area (TPSA) is 66.2 Å². The average molecular weight is 264 g/mol. The monoisotopic (exact) mass is 264 g/mol. The molecule has 0 aliphatic rings. The van der Waals surface area contributed by atoms with Crippen LogP contribution in [0.1, 0.15) is 5.56 Å². The van der Waals surface area contributed by atoms with E-state index in [9.17, 15) is 9.90 Å². The van der Waals surface area contributed by atoms with Gasteiger partial charge in [0.2, 0.25) is 0 Å². The quantitative estimate of drug-likeness (QED) is 0.680. The predicted octanol–water partition coefficient (Wildman–Crippen LogP) is 2.26. The lowest BCUT2D eigenvalue weighted by Crippen LogP contribution is -2.18. The van der Waals surface area contributed by atoms with E-state index in [4.69, 9.17) is 4.52 Å². The van der Waals surface area contributed by atoms with Gasteiger partial charge in [0, 0.05) is 5.56 Å². The number of aromatic nitrogens is 1. The zero-order chi connectivity index (χ0) is 13.9. The van der Waals surface area contributed by atoms with E-state index in [0.717, 1.165) is 28.1 Å².